The van der Waals surface area contributed by atoms with Gasteiger partial charge in [0, 0.05) is 5.41 Å². The first-order valence-corrected chi connectivity index (χ1v) is 5.39. The fourth-order valence-corrected chi connectivity index (χ4v) is 1.25. The number of nitrogens with two attached hydrogens (primary N) is 1. The van der Waals surface area contributed by atoms with Gasteiger partial charge in [-0.2, -0.15) is 4.98 Å². The van der Waals surface area contributed by atoms with Crippen molar-refractivity contribution in [2.45, 2.75) is 32.7 Å². The Morgan fingerprint density at radius 1 is 1.50 bits per heavy atom. The third kappa shape index (κ3) is 2.53. The summed E-state index contributed by atoms with van der Waals surface area (Å²) in [5, 5.41) is 11.2. The molecule has 0 saturated heterocycles. The Morgan fingerprint density at radius 3 is 2.72 bits per heavy atom. The summed E-state index contributed by atoms with van der Waals surface area (Å²) in [5.41, 5.74) is 5.00. The summed E-state index contributed by atoms with van der Waals surface area (Å²) < 4.78 is 6.52. The molecule has 96 valence electrons. The second-order valence-corrected chi connectivity index (χ2v) is 4.93. The molecule has 0 bridgehead atoms. The van der Waals surface area contributed by atoms with Crippen LogP contribution in [0.3, 0.4) is 0 Å². The average molecular weight is 250 g/mol. The van der Waals surface area contributed by atoms with Crippen LogP contribution >= 0.6 is 0 Å². The molecule has 2 aromatic heterocycles. The molecule has 0 aliphatic heterocycles. The molecule has 8 nitrogen and oxygen atoms in total. The summed E-state index contributed by atoms with van der Waals surface area (Å²) in [5.74, 6) is 0.399. The van der Waals surface area contributed by atoms with E-state index in [-0.39, 0.29) is 17.7 Å². The van der Waals surface area contributed by atoms with Crippen LogP contribution in [0.2, 0.25) is 0 Å². The van der Waals surface area contributed by atoms with E-state index in [1.807, 2.05) is 20.8 Å². The topological polar surface area (TPSA) is 113 Å². The summed E-state index contributed by atoms with van der Waals surface area (Å²) in [6.45, 7) is 6.22. The molecule has 0 aromatic carbocycles. The number of amides is 1. The summed E-state index contributed by atoms with van der Waals surface area (Å²) in [6, 6.07) is 0. The lowest BCUT2D eigenvalue weighted by Gasteiger charge is -2.10. The van der Waals surface area contributed by atoms with Crippen molar-refractivity contribution in [3.05, 3.63) is 23.6 Å². The number of hydrogen-bond acceptors (Lipinski definition) is 6. The van der Waals surface area contributed by atoms with Crippen LogP contribution in [0.15, 0.2) is 10.7 Å². The molecular formula is C10H14N6O2. The Hall–Kier alpha value is -2.25. The lowest BCUT2D eigenvalue weighted by Crippen LogP contribution is -2.13. The number of carbonyl (C=O) groups excluding carboxylic acids is 1. The van der Waals surface area contributed by atoms with Gasteiger partial charge in [-0.25, -0.2) is 4.68 Å². The largest absolute Gasteiger partial charge is 0.364 e. The second kappa shape index (κ2) is 4.21. The molecule has 18 heavy (non-hydrogen) atoms. The third-order valence-corrected chi connectivity index (χ3v) is 2.23. The van der Waals surface area contributed by atoms with E-state index in [2.05, 4.69) is 20.5 Å². The molecule has 0 unspecified atom stereocenters. The highest BCUT2D eigenvalue weighted by Crippen LogP contribution is 2.18. The Balaban J connectivity index is 2.14. The minimum Gasteiger partial charge on any atom is -0.364 e. The number of hydrogen-bond donors (Lipinski definition) is 1. The normalized spacial score (nSPS) is 11.7. The maximum atomic E-state index is 10.9. The Labute approximate surface area is 103 Å². The van der Waals surface area contributed by atoms with Gasteiger partial charge in [0.1, 0.15) is 6.54 Å². The van der Waals surface area contributed by atoms with Gasteiger partial charge in [-0.3, -0.25) is 4.79 Å². The predicted octanol–water partition coefficient (Wildman–Crippen LogP) is 0.106. The van der Waals surface area contributed by atoms with Crippen LogP contribution in [0.5, 0.6) is 0 Å². The first kappa shape index (κ1) is 12.2. The number of nitrogens with zero attached hydrogens (tertiary/aromatic N) is 5. The quantitative estimate of drug-likeness (QED) is 0.826. The maximum Gasteiger partial charge on any atom is 0.270 e. The Kier molecular flexibility index (Phi) is 2.85. The van der Waals surface area contributed by atoms with Gasteiger partial charge in [0.15, 0.2) is 11.5 Å². The summed E-state index contributed by atoms with van der Waals surface area (Å²) >= 11 is 0. The minimum absolute atomic E-state index is 0.102. The molecule has 0 aliphatic rings. The molecule has 0 saturated carbocycles. The van der Waals surface area contributed by atoms with Crippen molar-refractivity contribution < 1.29 is 9.32 Å². The maximum absolute atomic E-state index is 10.9. The molecule has 2 rings (SSSR count). The molecule has 0 spiro atoms. The van der Waals surface area contributed by atoms with Gasteiger partial charge in [0.25, 0.3) is 5.91 Å². The standard InChI is InChI=1S/C10H14N6O2/c1-10(2,3)9-12-7(18-14-9)5-16-4-6(8(11)17)13-15-16/h4H,5H2,1-3H3,(H2,11,17). The van der Waals surface area contributed by atoms with Gasteiger partial charge >= 0.3 is 0 Å². The van der Waals surface area contributed by atoms with Crippen molar-refractivity contribution >= 4 is 5.91 Å². The lowest BCUT2D eigenvalue weighted by molar-refractivity contribution is 0.0995. The number of aromatic nitrogens is 5. The summed E-state index contributed by atoms with van der Waals surface area (Å²) in [7, 11) is 0. The van der Waals surface area contributed by atoms with E-state index in [0.29, 0.717) is 11.7 Å². The van der Waals surface area contributed by atoms with E-state index < -0.39 is 5.91 Å². The van der Waals surface area contributed by atoms with Gasteiger partial charge in [0.05, 0.1) is 6.20 Å². The van der Waals surface area contributed by atoms with E-state index in [1.54, 1.807) is 0 Å². The molecule has 8 heteroatoms. The van der Waals surface area contributed by atoms with Crippen molar-refractivity contribution in [1.29, 1.82) is 0 Å². The number of carbonyl (C=O) groups is 1. The second-order valence-electron chi connectivity index (χ2n) is 4.93. The van der Waals surface area contributed by atoms with Gasteiger partial charge < -0.3 is 10.3 Å². The minimum atomic E-state index is -0.623. The van der Waals surface area contributed by atoms with E-state index in [0.717, 1.165) is 0 Å². The van der Waals surface area contributed by atoms with Crippen molar-refractivity contribution in [3.8, 4) is 0 Å². The van der Waals surface area contributed by atoms with Gasteiger partial charge in [-0.1, -0.05) is 31.1 Å². The van der Waals surface area contributed by atoms with Gasteiger partial charge in [-0.15, -0.1) is 5.10 Å². The zero-order chi connectivity index (χ0) is 13.3. The van der Waals surface area contributed by atoms with Crippen LogP contribution < -0.4 is 5.73 Å². The summed E-state index contributed by atoms with van der Waals surface area (Å²) in [6.07, 6.45) is 1.43. The molecule has 2 N–H and O–H groups in total. The molecule has 2 heterocycles. The fraction of sp³-hybridized carbons (Fsp3) is 0.500. The van der Waals surface area contributed by atoms with Crippen LogP contribution in [-0.4, -0.2) is 31.0 Å². The van der Waals surface area contributed by atoms with Crippen LogP contribution in [0.4, 0.5) is 0 Å². The fourth-order valence-electron chi connectivity index (χ4n) is 1.25. The van der Waals surface area contributed by atoms with Crippen molar-refractivity contribution in [2.75, 3.05) is 0 Å². The van der Waals surface area contributed by atoms with Gasteiger partial charge in [0.2, 0.25) is 5.89 Å². The molecular weight excluding hydrogens is 236 g/mol. The highest BCUT2D eigenvalue weighted by atomic mass is 16.5. The molecule has 0 fully saturated rings. The van der Waals surface area contributed by atoms with E-state index in [4.69, 9.17) is 10.3 Å². The van der Waals surface area contributed by atoms with Crippen LogP contribution in [0.25, 0.3) is 0 Å². The van der Waals surface area contributed by atoms with Gasteiger partial charge in [-0.05, 0) is 0 Å². The van der Waals surface area contributed by atoms with Crippen LogP contribution in [0, 0.1) is 0 Å². The van der Waals surface area contributed by atoms with Crippen molar-refractivity contribution in [2.24, 2.45) is 5.73 Å². The summed E-state index contributed by atoms with van der Waals surface area (Å²) in [4.78, 5) is 15.1. The zero-order valence-electron chi connectivity index (χ0n) is 10.4. The average Bonchev–Trinajstić information content (AvgIpc) is 2.85. The van der Waals surface area contributed by atoms with Crippen LogP contribution in [0.1, 0.15) is 43.0 Å². The first-order valence-electron chi connectivity index (χ1n) is 5.39. The first-order chi connectivity index (χ1) is 8.36. The predicted molar refractivity (Wildman–Crippen MR) is 60.6 cm³/mol. The monoisotopic (exact) mass is 250 g/mol. The highest BCUT2D eigenvalue weighted by Gasteiger charge is 2.21. The smallest absolute Gasteiger partial charge is 0.270 e. The molecule has 0 atom stereocenters. The van der Waals surface area contributed by atoms with Crippen molar-refractivity contribution in [3.63, 3.8) is 0 Å². The Morgan fingerprint density at radius 2 is 2.22 bits per heavy atom. The third-order valence-electron chi connectivity index (χ3n) is 2.23. The molecule has 0 radical (unpaired) electrons. The van der Waals surface area contributed by atoms with E-state index >= 15 is 0 Å². The molecule has 2 aromatic rings. The number of primary amides is 1. The van der Waals surface area contributed by atoms with Crippen molar-refractivity contribution in [1.82, 2.24) is 25.1 Å². The zero-order valence-corrected chi connectivity index (χ0v) is 10.4. The SMILES string of the molecule is CC(C)(C)c1noc(Cn2cc(C(N)=O)nn2)n1. The molecule has 1 amide bonds. The molecule has 0 aliphatic carbocycles. The Bertz CT molecular complexity index is 565. The number of rotatable bonds is 3. The van der Waals surface area contributed by atoms with Crippen LogP contribution in [-0.2, 0) is 12.0 Å². The lowest BCUT2D eigenvalue weighted by atomic mass is 9.96. The van der Waals surface area contributed by atoms with E-state index in [1.165, 1.54) is 10.9 Å². The van der Waals surface area contributed by atoms with E-state index in [9.17, 15) is 4.79 Å². The highest BCUT2D eigenvalue weighted by molar-refractivity contribution is 5.90.